The Bertz CT molecular complexity index is 713. The summed E-state index contributed by atoms with van der Waals surface area (Å²) in [7, 11) is -1.88. The molecule has 1 aliphatic rings. The maximum Gasteiger partial charge on any atom is 0.343 e. The normalized spacial score (nSPS) is 20.3. The standard InChI is InChI=1S/C19H30N2O5S/c1-14(2)27(23,24)21-16-9-7-15(8-10-16)12-20-17-5-4-6-18(11-17)26-13-19(22)25-3/h4-6,11,14-16,20-21H,7-10,12-13H2,1-3H3. The van der Waals surface area contributed by atoms with Gasteiger partial charge in [-0.05, 0) is 57.6 Å². The summed E-state index contributed by atoms with van der Waals surface area (Å²) >= 11 is 0. The van der Waals surface area contributed by atoms with E-state index in [0.29, 0.717) is 11.7 Å². The molecule has 0 amide bonds. The molecule has 0 spiro atoms. The van der Waals surface area contributed by atoms with Crippen LogP contribution in [0, 0.1) is 5.92 Å². The molecule has 2 rings (SSSR count). The van der Waals surface area contributed by atoms with Crippen molar-refractivity contribution in [2.75, 3.05) is 25.6 Å². The number of methoxy groups -OCH3 is 1. The van der Waals surface area contributed by atoms with Crippen LogP contribution in [-0.2, 0) is 19.6 Å². The topological polar surface area (TPSA) is 93.7 Å². The molecule has 0 radical (unpaired) electrons. The minimum Gasteiger partial charge on any atom is -0.482 e. The van der Waals surface area contributed by atoms with E-state index in [1.165, 1.54) is 7.11 Å². The first-order chi connectivity index (χ1) is 12.8. The van der Waals surface area contributed by atoms with Gasteiger partial charge in [0, 0.05) is 24.3 Å². The van der Waals surface area contributed by atoms with Crippen molar-refractivity contribution in [3.05, 3.63) is 24.3 Å². The van der Waals surface area contributed by atoms with Gasteiger partial charge in [0.15, 0.2) is 6.61 Å². The maximum absolute atomic E-state index is 12.0. The molecule has 1 aromatic carbocycles. The number of sulfonamides is 1. The highest BCUT2D eigenvalue weighted by Gasteiger charge is 2.26. The lowest BCUT2D eigenvalue weighted by Gasteiger charge is -2.29. The van der Waals surface area contributed by atoms with E-state index in [0.717, 1.165) is 37.9 Å². The van der Waals surface area contributed by atoms with E-state index in [1.54, 1.807) is 19.9 Å². The number of nitrogens with one attached hydrogen (secondary N) is 2. The Balaban J connectivity index is 1.76. The first kappa shape index (κ1) is 21.5. The Morgan fingerprint density at radius 2 is 1.93 bits per heavy atom. The molecular weight excluding hydrogens is 368 g/mol. The molecular formula is C19H30N2O5S. The molecule has 0 aromatic heterocycles. The van der Waals surface area contributed by atoms with Crippen molar-refractivity contribution in [2.24, 2.45) is 5.92 Å². The van der Waals surface area contributed by atoms with E-state index in [4.69, 9.17) is 4.74 Å². The first-order valence-electron chi connectivity index (χ1n) is 9.35. The van der Waals surface area contributed by atoms with Crippen LogP contribution >= 0.6 is 0 Å². The predicted molar refractivity (Wildman–Crippen MR) is 105 cm³/mol. The Morgan fingerprint density at radius 3 is 2.56 bits per heavy atom. The fraction of sp³-hybridized carbons (Fsp3) is 0.632. The minimum atomic E-state index is -3.20. The zero-order valence-corrected chi connectivity index (χ0v) is 17.1. The summed E-state index contributed by atoms with van der Waals surface area (Å²) in [6.45, 7) is 4.10. The third-order valence-electron chi connectivity index (χ3n) is 4.81. The predicted octanol–water partition coefficient (Wildman–Crippen LogP) is 2.54. The molecule has 0 bridgehead atoms. The molecule has 0 unspecified atom stereocenters. The quantitative estimate of drug-likeness (QED) is 0.621. The molecule has 1 saturated carbocycles. The van der Waals surface area contributed by atoms with Crippen LogP contribution in [0.15, 0.2) is 24.3 Å². The summed E-state index contributed by atoms with van der Waals surface area (Å²) in [5.41, 5.74) is 0.931. The number of benzene rings is 1. The molecule has 0 saturated heterocycles. The van der Waals surface area contributed by atoms with E-state index >= 15 is 0 Å². The molecule has 152 valence electrons. The van der Waals surface area contributed by atoms with Gasteiger partial charge < -0.3 is 14.8 Å². The number of carbonyl (C=O) groups excluding carboxylic acids is 1. The van der Waals surface area contributed by atoms with Crippen molar-refractivity contribution >= 4 is 21.7 Å². The number of anilines is 1. The summed E-state index contributed by atoms with van der Waals surface area (Å²) in [4.78, 5) is 11.1. The molecule has 1 fully saturated rings. The van der Waals surface area contributed by atoms with E-state index in [1.807, 2.05) is 18.2 Å². The van der Waals surface area contributed by atoms with Crippen LogP contribution in [0.5, 0.6) is 5.75 Å². The molecule has 8 heteroatoms. The van der Waals surface area contributed by atoms with Crippen LogP contribution in [-0.4, -0.2) is 45.9 Å². The summed E-state index contributed by atoms with van der Waals surface area (Å²) in [5.74, 6) is 0.694. The number of esters is 1. The van der Waals surface area contributed by atoms with Gasteiger partial charge in [-0.2, -0.15) is 0 Å². The van der Waals surface area contributed by atoms with Gasteiger partial charge in [-0.25, -0.2) is 17.9 Å². The third kappa shape index (κ3) is 7.03. The molecule has 0 aliphatic heterocycles. The van der Waals surface area contributed by atoms with Crippen LogP contribution in [0.25, 0.3) is 0 Å². The molecule has 2 N–H and O–H groups in total. The number of rotatable bonds is 9. The van der Waals surface area contributed by atoms with Gasteiger partial charge in [0.05, 0.1) is 12.4 Å². The van der Waals surface area contributed by atoms with Crippen LogP contribution in [0.1, 0.15) is 39.5 Å². The average Bonchev–Trinajstić information content (AvgIpc) is 2.65. The van der Waals surface area contributed by atoms with Crippen LogP contribution in [0.4, 0.5) is 5.69 Å². The largest absolute Gasteiger partial charge is 0.482 e. The first-order valence-corrected chi connectivity index (χ1v) is 10.9. The second kappa shape index (κ2) is 9.94. The molecule has 27 heavy (non-hydrogen) atoms. The Kier molecular flexibility index (Phi) is 7.91. The highest BCUT2D eigenvalue weighted by Crippen LogP contribution is 2.26. The lowest BCUT2D eigenvalue weighted by atomic mass is 9.86. The minimum absolute atomic E-state index is 0.0451. The second-order valence-electron chi connectivity index (χ2n) is 7.20. The van der Waals surface area contributed by atoms with Gasteiger partial charge in [-0.15, -0.1) is 0 Å². The van der Waals surface area contributed by atoms with Crippen LogP contribution in [0.2, 0.25) is 0 Å². The van der Waals surface area contributed by atoms with Crippen LogP contribution < -0.4 is 14.8 Å². The van der Waals surface area contributed by atoms with Crippen molar-refractivity contribution in [1.82, 2.24) is 4.72 Å². The summed E-state index contributed by atoms with van der Waals surface area (Å²) < 4.78 is 36.7. The van der Waals surface area contributed by atoms with Gasteiger partial charge in [0.1, 0.15) is 5.75 Å². The summed E-state index contributed by atoms with van der Waals surface area (Å²) in [6, 6.07) is 7.51. The smallest absolute Gasteiger partial charge is 0.343 e. The highest BCUT2D eigenvalue weighted by atomic mass is 32.2. The number of ether oxygens (including phenoxy) is 2. The summed E-state index contributed by atoms with van der Waals surface area (Å²) in [5, 5.41) is 3.01. The average molecular weight is 399 g/mol. The zero-order valence-electron chi connectivity index (χ0n) is 16.2. The Hall–Kier alpha value is -1.80. The van der Waals surface area contributed by atoms with Crippen LogP contribution in [0.3, 0.4) is 0 Å². The monoisotopic (exact) mass is 398 g/mol. The highest BCUT2D eigenvalue weighted by molar-refractivity contribution is 7.90. The fourth-order valence-corrected chi connectivity index (χ4v) is 3.98. The van der Waals surface area contributed by atoms with Gasteiger partial charge >= 0.3 is 5.97 Å². The van der Waals surface area contributed by atoms with Crippen molar-refractivity contribution in [2.45, 2.75) is 50.8 Å². The Morgan fingerprint density at radius 1 is 1.22 bits per heavy atom. The molecule has 1 aliphatic carbocycles. The lowest BCUT2D eigenvalue weighted by molar-refractivity contribution is -0.142. The number of hydrogen-bond acceptors (Lipinski definition) is 6. The number of carbonyl (C=O) groups is 1. The van der Waals surface area contributed by atoms with Crippen molar-refractivity contribution in [3.8, 4) is 5.75 Å². The van der Waals surface area contributed by atoms with E-state index in [-0.39, 0.29) is 12.6 Å². The molecule has 0 atom stereocenters. The lowest BCUT2D eigenvalue weighted by Crippen LogP contribution is -2.41. The fourth-order valence-electron chi connectivity index (χ4n) is 3.01. The number of hydrogen-bond donors (Lipinski definition) is 2. The van der Waals surface area contributed by atoms with Gasteiger partial charge in [0.2, 0.25) is 10.0 Å². The van der Waals surface area contributed by atoms with Crippen molar-refractivity contribution < 1.29 is 22.7 Å². The zero-order chi connectivity index (χ0) is 19.9. The van der Waals surface area contributed by atoms with Gasteiger partial charge in [-0.3, -0.25) is 0 Å². The summed E-state index contributed by atoms with van der Waals surface area (Å²) in [6.07, 6.45) is 3.69. The Labute approximate surface area is 161 Å². The SMILES string of the molecule is COC(=O)COc1cccc(NCC2CCC(NS(=O)(=O)C(C)C)CC2)c1. The van der Waals surface area contributed by atoms with Crippen molar-refractivity contribution in [3.63, 3.8) is 0 Å². The second-order valence-corrected chi connectivity index (χ2v) is 9.47. The van der Waals surface area contributed by atoms with E-state index in [2.05, 4.69) is 14.8 Å². The molecule has 0 heterocycles. The van der Waals surface area contributed by atoms with Gasteiger partial charge in [-0.1, -0.05) is 6.07 Å². The maximum atomic E-state index is 12.0. The van der Waals surface area contributed by atoms with E-state index < -0.39 is 21.2 Å². The third-order valence-corrected chi connectivity index (χ3v) is 6.71. The van der Waals surface area contributed by atoms with Gasteiger partial charge in [0.25, 0.3) is 0 Å². The van der Waals surface area contributed by atoms with Crippen molar-refractivity contribution in [1.29, 1.82) is 0 Å². The molecule has 7 nitrogen and oxygen atoms in total. The molecule has 1 aromatic rings. The van der Waals surface area contributed by atoms with E-state index in [9.17, 15) is 13.2 Å².